The number of ether oxygens (including phenoxy) is 1. The van der Waals surface area contributed by atoms with Crippen LogP contribution < -0.4 is 5.43 Å². The van der Waals surface area contributed by atoms with Gasteiger partial charge in [-0.15, -0.1) is 11.3 Å². The molecular weight excluding hydrogens is 509 g/mol. The van der Waals surface area contributed by atoms with Crippen molar-refractivity contribution in [3.8, 4) is 10.6 Å². The van der Waals surface area contributed by atoms with E-state index in [2.05, 4.69) is 4.98 Å². The predicted octanol–water partition coefficient (Wildman–Crippen LogP) is 5.38. The normalized spacial score (nSPS) is 16.9. The molecule has 0 bridgehead atoms. The molecular formula is C28H24FN3O5S. The van der Waals surface area contributed by atoms with Gasteiger partial charge in [0.1, 0.15) is 23.5 Å². The highest BCUT2D eigenvalue weighted by molar-refractivity contribution is 7.15. The number of nitrogens with zero attached hydrogens (tertiary/aromatic N) is 3. The third-order valence-electron chi connectivity index (χ3n) is 7.05. The van der Waals surface area contributed by atoms with E-state index in [9.17, 15) is 19.5 Å². The van der Waals surface area contributed by atoms with E-state index in [0.717, 1.165) is 34.9 Å². The molecule has 1 saturated carbocycles. The molecule has 1 amide bonds. The summed E-state index contributed by atoms with van der Waals surface area (Å²) < 4.78 is 22.6. The number of pyridine rings is 2. The lowest BCUT2D eigenvalue weighted by Gasteiger charge is -2.32. The number of hydrogen-bond acceptors (Lipinski definition) is 6. The summed E-state index contributed by atoms with van der Waals surface area (Å²) in [5.74, 6) is -2.03. The first kappa shape index (κ1) is 24.3. The van der Waals surface area contributed by atoms with Crippen molar-refractivity contribution in [2.45, 2.75) is 51.4 Å². The number of amides is 1. The first-order chi connectivity index (χ1) is 18.3. The van der Waals surface area contributed by atoms with Gasteiger partial charge < -0.3 is 19.3 Å². The zero-order valence-corrected chi connectivity index (χ0v) is 21.3. The van der Waals surface area contributed by atoms with Gasteiger partial charge in [-0.25, -0.2) is 19.0 Å². The molecule has 3 aromatic heterocycles. The van der Waals surface area contributed by atoms with Gasteiger partial charge in [0.2, 0.25) is 5.43 Å². The lowest BCUT2D eigenvalue weighted by Crippen LogP contribution is -2.42. The van der Waals surface area contributed by atoms with Crippen molar-refractivity contribution in [2.24, 2.45) is 0 Å². The molecule has 0 spiro atoms. The molecule has 1 aromatic carbocycles. The van der Waals surface area contributed by atoms with E-state index in [-0.39, 0.29) is 35.4 Å². The topological polar surface area (TPSA) is 102 Å². The van der Waals surface area contributed by atoms with E-state index in [1.165, 1.54) is 17.5 Å². The van der Waals surface area contributed by atoms with Crippen molar-refractivity contribution < 1.29 is 23.8 Å². The van der Waals surface area contributed by atoms with E-state index in [4.69, 9.17) is 4.74 Å². The minimum Gasteiger partial charge on any atom is -0.477 e. The van der Waals surface area contributed by atoms with Crippen LogP contribution in [0.3, 0.4) is 0 Å². The maximum atomic E-state index is 15.3. The number of carboxylic acids is 1. The van der Waals surface area contributed by atoms with Crippen LogP contribution in [0.15, 0.2) is 53.5 Å². The second-order valence-corrected chi connectivity index (χ2v) is 10.9. The number of fused-ring (bicyclic) bond motifs is 2. The zero-order valence-electron chi connectivity index (χ0n) is 20.5. The molecule has 1 fully saturated rings. The van der Waals surface area contributed by atoms with Crippen LogP contribution in [0.4, 0.5) is 9.18 Å². The molecule has 0 radical (unpaired) electrons. The minimum atomic E-state index is -1.34. The van der Waals surface area contributed by atoms with Gasteiger partial charge in [-0.1, -0.05) is 30.3 Å². The number of hydrogen-bond donors (Lipinski definition) is 1. The van der Waals surface area contributed by atoms with Crippen LogP contribution in [0.25, 0.3) is 21.6 Å². The summed E-state index contributed by atoms with van der Waals surface area (Å²) in [7, 11) is 0. The summed E-state index contributed by atoms with van der Waals surface area (Å²) in [6, 6.07) is 12.3. The van der Waals surface area contributed by atoms with E-state index in [0.29, 0.717) is 17.8 Å². The molecule has 6 rings (SSSR count). The van der Waals surface area contributed by atoms with E-state index in [1.54, 1.807) is 9.47 Å². The van der Waals surface area contributed by atoms with Crippen LogP contribution in [0.2, 0.25) is 0 Å². The number of aromatic nitrogens is 2. The fourth-order valence-electron chi connectivity index (χ4n) is 4.86. The average Bonchev–Trinajstić information content (AvgIpc) is 3.66. The molecule has 1 aliphatic carbocycles. The van der Waals surface area contributed by atoms with Crippen LogP contribution in [0.5, 0.6) is 0 Å². The molecule has 194 valence electrons. The van der Waals surface area contributed by atoms with Crippen LogP contribution >= 0.6 is 11.3 Å². The van der Waals surface area contributed by atoms with Crippen molar-refractivity contribution in [1.29, 1.82) is 0 Å². The van der Waals surface area contributed by atoms with Gasteiger partial charge in [0.05, 0.1) is 16.8 Å². The third kappa shape index (κ3) is 4.34. The van der Waals surface area contributed by atoms with Gasteiger partial charge in [0, 0.05) is 29.6 Å². The van der Waals surface area contributed by atoms with Gasteiger partial charge in [0.25, 0.3) is 0 Å². The van der Waals surface area contributed by atoms with Gasteiger partial charge in [0.15, 0.2) is 5.82 Å². The Morgan fingerprint density at radius 2 is 1.97 bits per heavy atom. The second kappa shape index (κ2) is 9.36. The first-order valence-electron chi connectivity index (χ1n) is 12.4. The molecule has 8 nitrogen and oxygen atoms in total. The molecule has 10 heteroatoms. The molecule has 1 N–H and O–H groups in total. The van der Waals surface area contributed by atoms with Gasteiger partial charge >= 0.3 is 12.1 Å². The number of thiophene rings is 1. The fraction of sp³-hybridized carbons (Fsp3) is 0.286. The van der Waals surface area contributed by atoms with Crippen molar-refractivity contribution in [3.63, 3.8) is 0 Å². The zero-order chi connectivity index (χ0) is 26.6. The largest absolute Gasteiger partial charge is 0.477 e. The Kier molecular flexibility index (Phi) is 5.98. The molecule has 1 atom stereocenters. The van der Waals surface area contributed by atoms with Gasteiger partial charge in [-0.3, -0.25) is 4.79 Å². The molecule has 4 aromatic rings. The summed E-state index contributed by atoms with van der Waals surface area (Å²) in [4.78, 5) is 45.1. The highest BCUT2D eigenvalue weighted by Gasteiger charge is 2.31. The quantitative estimate of drug-likeness (QED) is 0.370. The van der Waals surface area contributed by atoms with Gasteiger partial charge in [-0.05, 0) is 43.0 Å². The fourth-order valence-corrected chi connectivity index (χ4v) is 6.14. The van der Waals surface area contributed by atoms with Crippen molar-refractivity contribution in [3.05, 3.63) is 86.3 Å². The van der Waals surface area contributed by atoms with Crippen LogP contribution in [0.1, 0.15) is 52.2 Å². The van der Waals surface area contributed by atoms with Crippen LogP contribution in [-0.4, -0.2) is 37.7 Å². The van der Waals surface area contributed by atoms with E-state index < -0.39 is 28.9 Å². The smallest absolute Gasteiger partial charge is 0.410 e. The Balaban J connectivity index is 1.31. The monoisotopic (exact) mass is 533 g/mol. The summed E-state index contributed by atoms with van der Waals surface area (Å²) in [6.07, 6.45) is 3.20. The number of aromatic carboxylic acids is 1. The minimum absolute atomic E-state index is 0.0369. The number of carboxylic acid groups (broad SMARTS) is 1. The Bertz CT molecular complexity index is 1640. The Morgan fingerprint density at radius 3 is 2.68 bits per heavy atom. The summed E-state index contributed by atoms with van der Waals surface area (Å²) in [6.45, 7) is 2.48. The number of carbonyl (C=O) groups is 2. The Hall–Kier alpha value is -4.05. The highest BCUT2D eigenvalue weighted by atomic mass is 32.1. The van der Waals surface area contributed by atoms with Crippen molar-refractivity contribution >= 4 is 34.4 Å². The van der Waals surface area contributed by atoms with E-state index in [1.807, 2.05) is 43.3 Å². The predicted molar refractivity (Wildman–Crippen MR) is 140 cm³/mol. The molecule has 4 heterocycles. The van der Waals surface area contributed by atoms with E-state index >= 15 is 4.39 Å². The molecule has 2 aliphatic rings. The number of carbonyl (C=O) groups excluding carboxylic acids is 1. The third-order valence-corrected chi connectivity index (χ3v) is 8.26. The molecule has 0 saturated heterocycles. The molecule has 38 heavy (non-hydrogen) atoms. The number of benzene rings is 1. The summed E-state index contributed by atoms with van der Waals surface area (Å²) in [5, 5.41) is 9.42. The van der Waals surface area contributed by atoms with Gasteiger partial charge in [-0.2, -0.15) is 0 Å². The van der Waals surface area contributed by atoms with Crippen LogP contribution in [-0.2, 0) is 24.3 Å². The number of halogens is 1. The second-order valence-electron chi connectivity index (χ2n) is 9.79. The first-order valence-corrected chi connectivity index (χ1v) is 13.2. The standard InChI is InChI=1S/C28H24FN3O5S/c1-15-9-22-17(12-31(15)28(36)37-14-16-5-3-2-4-6-16)10-23(38-22)24-21(29)11-19-25(33)20(27(34)35)13-32(18-7-8-18)26(19)30-24/h2-6,10-11,13,15,18H,7-9,12,14H2,1H3,(H,34,35). The molecule has 1 unspecified atom stereocenters. The SMILES string of the molecule is CC1Cc2sc(-c3nc4c(cc3F)c(=O)c(C(=O)O)cn4C3CC3)cc2CN1C(=O)OCc1ccccc1. The lowest BCUT2D eigenvalue weighted by molar-refractivity contribution is 0.0694. The average molecular weight is 534 g/mol. The number of rotatable bonds is 5. The summed E-state index contributed by atoms with van der Waals surface area (Å²) >= 11 is 1.42. The van der Waals surface area contributed by atoms with Crippen molar-refractivity contribution in [2.75, 3.05) is 0 Å². The van der Waals surface area contributed by atoms with Crippen LogP contribution in [0, 0.1) is 5.82 Å². The highest BCUT2D eigenvalue weighted by Crippen LogP contribution is 2.40. The maximum Gasteiger partial charge on any atom is 0.410 e. The summed E-state index contributed by atoms with van der Waals surface area (Å²) in [5.41, 5.74) is 1.07. The Labute approximate surface area is 220 Å². The lowest BCUT2D eigenvalue weighted by atomic mass is 10.0. The maximum absolute atomic E-state index is 15.3. The Morgan fingerprint density at radius 1 is 1.21 bits per heavy atom. The van der Waals surface area contributed by atoms with Crippen molar-refractivity contribution in [1.82, 2.24) is 14.5 Å². The molecule has 1 aliphatic heterocycles.